The summed E-state index contributed by atoms with van der Waals surface area (Å²) in [4.78, 5) is 23.6. The van der Waals surface area contributed by atoms with E-state index in [2.05, 4.69) is 10.0 Å². The van der Waals surface area contributed by atoms with Crippen molar-refractivity contribution in [3.63, 3.8) is 0 Å². The summed E-state index contributed by atoms with van der Waals surface area (Å²) in [5.74, 6) is -1.01. The Morgan fingerprint density at radius 2 is 1.72 bits per heavy atom. The van der Waals surface area contributed by atoms with Crippen molar-refractivity contribution in [2.24, 2.45) is 0 Å². The van der Waals surface area contributed by atoms with Gasteiger partial charge in [-0.2, -0.15) is 0 Å². The van der Waals surface area contributed by atoms with E-state index in [0.717, 1.165) is 12.8 Å². The lowest BCUT2D eigenvalue weighted by Gasteiger charge is -2.10. The number of carbonyl (C=O) groups excluding carboxylic acids is 2. The molecule has 1 saturated carbocycles. The molecule has 1 atom stereocenters. The first kappa shape index (κ1) is 20.8. The minimum absolute atomic E-state index is 0.0482. The molecule has 3 rings (SSSR count). The number of amides is 1. The molecule has 0 heterocycles. The van der Waals surface area contributed by atoms with Crippen molar-refractivity contribution in [1.29, 1.82) is 0 Å². The number of carbonyl (C=O) groups is 2. The van der Waals surface area contributed by atoms with Gasteiger partial charge in [0.1, 0.15) is 0 Å². The number of anilines is 1. The van der Waals surface area contributed by atoms with Gasteiger partial charge in [0.25, 0.3) is 15.9 Å². The van der Waals surface area contributed by atoms with Gasteiger partial charge in [-0.1, -0.05) is 12.1 Å². The molecule has 0 bridgehead atoms. The standard InChI is InChI=1S/C20H22N2O6S/c1-13(23)14-4-10-18(11-5-14)29(26,27)22-17-6-2-15(3-7-17)20(25)28-12-19(24)21-16-8-9-16/h2-7,10-11,13,16,22-23H,8-9,12H2,1H3,(H,21,24)/t13-/m1/s1. The number of ether oxygens (including phenoxy) is 1. The summed E-state index contributed by atoms with van der Waals surface area (Å²) in [6.45, 7) is 1.24. The molecule has 154 valence electrons. The molecule has 0 saturated heterocycles. The van der Waals surface area contributed by atoms with Crippen LogP contribution in [0.25, 0.3) is 0 Å². The van der Waals surface area contributed by atoms with Gasteiger partial charge in [-0.15, -0.1) is 0 Å². The third-order valence-corrected chi connectivity index (χ3v) is 5.72. The molecule has 8 nitrogen and oxygen atoms in total. The van der Waals surface area contributed by atoms with E-state index in [1.165, 1.54) is 48.5 Å². The van der Waals surface area contributed by atoms with Crippen LogP contribution in [0.1, 0.15) is 41.8 Å². The molecule has 3 N–H and O–H groups in total. The SMILES string of the molecule is C[C@@H](O)c1ccc(S(=O)(=O)Nc2ccc(C(=O)OCC(=O)NC3CC3)cc2)cc1. The van der Waals surface area contributed by atoms with Crippen LogP contribution in [0.3, 0.4) is 0 Å². The molecule has 1 fully saturated rings. The van der Waals surface area contributed by atoms with Crippen LogP contribution in [-0.4, -0.2) is 38.0 Å². The largest absolute Gasteiger partial charge is 0.452 e. The first-order valence-electron chi connectivity index (χ1n) is 9.12. The zero-order valence-corrected chi connectivity index (χ0v) is 16.6. The average Bonchev–Trinajstić information content (AvgIpc) is 3.50. The zero-order chi connectivity index (χ0) is 21.0. The second-order valence-corrected chi connectivity index (χ2v) is 8.53. The van der Waals surface area contributed by atoms with Crippen LogP contribution < -0.4 is 10.0 Å². The Morgan fingerprint density at radius 1 is 1.10 bits per heavy atom. The lowest BCUT2D eigenvalue weighted by Crippen LogP contribution is -2.30. The maximum absolute atomic E-state index is 12.5. The lowest BCUT2D eigenvalue weighted by molar-refractivity contribution is -0.124. The smallest absolute Gasteiger partial charge is 0.338 e. The molecular weight excluding hydrogens is 396 g/mol. The Morgan fingerprint density at radius 3 is 2.28 bits per heavy atom. The van der Waals surface area contributed by atoms with Crippen molar-refractivity contribution in [3.05, 3.63) is 59.7 Å². The van der Waals surface area contributed by atoms with Gasteiger partial charge in [-0.25, -0.2) is 13.2 Å². The minimum atomic E-state index is -3.82. The van der Waals surface area contributed by atoms with Crippen molar-refractivity contribution in [1.82, 2.24) is 5.32 Å². The molecule has 1 amide bonds. The second kappa shape index (κ2) is 8.62. The van der Waals surface area contributed by atoms with E-state index in [0.29, 0.717) is 5.56 Å². The number of benzene rings is 2. The topological polar surface area (TPSA) is 122 Å². The predicted molar refractivity (Wildman–Crippen MR) is 106 cm³/mol. The van der Waals surface area contributed by atoms with Crippen LogP contribution >= 0.6 is 0 Å². The molecule has 1 aliphatic carbocycles. The summed E-state index contributed by atoms with van der Waals surface area (Å²) in [7, 11) is -3.82. The van der Waals surface area contributed by atoms with E-state index < -0.39 is 22.1 Å². The molecule has 0 radical (unpaired) electrons. The molecule has 0 aromatic heterocycles. The number of esters is 1. The van der Waals surface area contributed by atoms with E-state index >= 15 is 0 Å². The summed E-state index contributed by atoms with van der Waals surface area (Å²) >= 11 is 0. The normalized spacial score (nSPS) is 14.7. The molecule has 0 unspecified atom stereocenters. The Balaban J connectivity index is 1.58. The number of aliphatic hydroxyl groups excluding tert-OH is 1. The van der Waals surface area contributed by atoms with Crippen LogP contribution in [-0.2, 0) is 19.6 Å². The van der Waals surface area contributed by atoms with Gasteiger partial charge in [0.05, 0.1) is 16.6 Å². The van der Waals surface area contributed by atoms with E-state index in [1.807, 2.05) is 0 Å². The summed E-state index contributed by atoms with van der Waals surface area (Å²) in [5, 5.41) is 12.2. The molecule has 2 aromatic rings. The van der Waals surface area contributed by atoms with Crippen molar-refractivity contribution in [3.8, 4) is 0 Å². The highest BCUT2D eigenvalue weighted by atomic mass is 32.2. The molecule has 0 aliphatic heterocycles. The third kappa shape index (κ3) is 5.78. The van der Waals surface area contributed by atoms with Crippen LogP contribution in [0, 0.1) is 0 Å². The van der Waals surface area contributed by atoms with E-state index in [1.54, 1.807) is 6.92 Å². The first-order chi connectivity index (χ1) is 13.7. The third-order valence-electron chi connectivity index (χ3n) is 4.32. The quantitative estimate of drug-likeness (QED) is 0.564. The predicted octanol–water partition coefficient (Wildman–Crippen LogP) is 1.98. The van der Waals surface area contributed by atoms with E-state index in [-0.39, 0.29) is 34.7 Å². The van der Waals surface area contributed by atoms with E-state index in [9.17, 15) is 23.1 Å². The Bertz CT molecular complexity index is 981. The zero-order valence-electron chi connectivity index (χ0n) is 15.8. The minimum Gasteiger partial charge on any atom is -0.452 e. The fraction of sp³-hybridized carbons (Fsp3) is 0.300. The molecule has 9 heteroatoms. The summed E-state index contributed by atoms with van der Waals surface area (Å²) in [6.07, 6.45) is 1.20. The fourth-order valence-corrected chi connectivity index (χ4v) is 3.58. The summed E-state index contributed by atoms with van der Waals surface area (Å²) in [6, 6.07) is 11.8. The van der Waals surface area contributed by atoms with Crippen molar-refractivity contribution in [2.45, 2.75) is 36.8 Å². The number of aliphatic hydroxyl groups is 1. The number of nitrogens with one attached hydrogen (secondary N) is 2. The molecule has 0 spiro atoms. The van der Waals surface area contributed by atoms with Crippen LogP contribution in [0.5, 0.6) is 0 Å². The lowest BCUT2D eigenvalue weighted by atomic mass is 10.1. The van der Waals surface area contributed by atoms with Gasteiger partial charge in [-0.05, 0) is 61.7 Å². The van der Waals surface area contributed by atoms with Gasteiger partial charge in [0.2, 0.25) is 0 Å². The molecule has 29 heavy (non-hydrogen) atoms. The van der Waals surface area contributed by atoms with Gasteiger partial charge in [0, 0.05) is 11.7 Å². The van der Waals surface area contributed by atoms with Gasteiger partial charge in [0.15, 0.2) is 6.61 Å². The molecule has 2 aromatic carbocycles. The Labute approximate surface area is 168 Å². The van der Waals surface area contributed by atoms with Crippen LogP contribution in [0.4, 0.5) is 5.69 Å². The average molecular weight is 418 g/mol. The van der Waals surface area contributed by atoms with Crippen LogP contribution in [0.2, 0.25) is 0 Å². The Kier molecular flexibility index (Phi) is 6.19. The highest BCUT2D eigenvalue weighted by molar-refractivity contribution is 7.92. The summed E-state index contributed by atoms with van der Waals surface area (Å²) in [5.41, 5.74) is 1.08. The van der Waals surface area contributed by atoms with Crippen LogP contribution in [0.15, 0.2) is 53.4 Å². The number of hydrogen-bond acceptors (Lipinski definition) is 6. The van der Waals surface area contributed by atoms with Crippen molar-refractivity contribution < 1.29 is 27.9 Å². The number of sulfonamides is 1. The fourth-order valence-electron chi connectivity index (χ4n) is 2.53. The maximum Gasteiger partial charge on any atom is 0.338 e. The molecule has 1 aliphatic rings. The van der Waals surface area contributed by atoms with Crippen molar-refractivity contribution >= 4 is 27.6 Å². The highest BCUT2D eigenvalue weighted by Gasteiger charge is 2.23. The summed E-state index contributed by atoms with van der Waals surface area (Å²) < 4.78 is 32.3. The van der Waals surface area contributed by atoms with Gasteiger partial charge >= 0.3 is 5.97 Å². The molecular formula is C20H22N2O6S. The maximum atomic E-state index is 12.5. The highest BCUT2D eigenvalue weighted by Crippen LogP contribution is 2.20. The van der Waals surface area contributed by atoms with Gasteiger partial charge < -0.3 is 15.2 Å². The van der Waals surface area contributed by atoms with Crippen molar-refractivity contribution in [2.75, 3.05) is 11.3 Å². The van der Waals surface area contributed by atoms with E-state index in [4.69, 9.17) is 4.74 Å². The monoisotopic (exact) mass is 418 g/mol. The second-order valence-electron chi connectivity index (χ2n) is 6.85. The Hall–Kier alpha value is -2.91. The number of rotatable bonds is 8. The number of hydrogen-bond donors (Lipinski definition) is 3. The first-order valence-corrected chi connectivity index (χ1v) is 10.6. The van der Waals surface area contributed by atoms with Gasteiger partial charge in [-0.3, -0.25) is 9.52 Å².